The Hall–Kier alpha value is -0.0400. The SMILES string of the molecule is CCCCCCCCCCCC(CCC)CC[O]. The molecule has 0 aromatic heterocycles. The molecule has 0 aliphatic carbocycles. The van der Waals surface area contributed by atoms with E-state index in [1.165, 1.54) is 77.0 Å². The van der Waals surface area contributed by atoms with Crippen molar-refractivity contribution in [2.45, 2.75) is 97.3 Å². The lowest BCUT2D eigenvalue weighted by Crippen LogP contribution is -2.02. The van der Waals surface area contributed by atoms with Crippen molar-refractivity contribution in [2.75, 3.05) is 6.61 Å². The molecule has 0 N–H and O–H groups in total. The molecule has 109 valence electrons. The van der Waals surface area contributed by atoms with Gasteiger partial charge >= 0.3 is 0 Å². The van der Waals surface area contributed by atoms with Crippen LogP contribution in [0.3, 0.4) is 0 Å². The van der Waals surface area contributed by atoms with Crippen LogP contribution in [0.1, 0.15) is 97.3 Å². The Morgan fingerprint density at radius 2 is 1.17 bits per heavy atom. The van der Waals surface area contributed by atoms with Gasteiger partial charge in [0.05, 0.1) is 6.61 Å². The zero-order valence-electron chi connectivity index (χ0n) is 12.9. The topological polar surface area (TPSA) is 19.9 Å². The molecule has 0 bridgehead atoms. The van der Waals surface area contributed by atoms with Crippen LogP contribution >= 0.6 is 0 Å². The minimum atomic E-state index is 0.127. The molecule has 0 rings (SSSR count). The van der Waals surface area contributed by atoms with E-state index >= 15 is 0 Å². The Morgan fingerprint density at radius 3 is 1.67 bits per heavy atom. The second-order valence-corrected chi connectivity index (χ2v) is 5.76. The van der Waals surface area contributed by atoms with E-state index in [4.69, 9.17) is 0 Å². The van der Waals surface area contributed by atoms with Gasteiger partial charge in [-0.2, -0.15) is 0 Å². The summed E-state index contributed by atoms with van der Waals surface area (Å²) in [6, 6.07) is 0. The highest BCUT2D eigenvalue weighted by atomic mass is 16.3. The van der Waals surface area contributed by atoms with Crippen LogP contribution < -0.4 is 0 Å². The van der Waals surface area contributed by atoms with Crippen LogP contribution in [0.4, 0.5) is 0 Å². The molecule has 0 aromatic rings. The van der Waals surface area contributed by atoms with Crippen molar-refractivity contribution in [1.29, 1.82) is 0 Å². The van der Waals surface area contributed by atoms with Crippen molar-refractivity contribution >= 4 is 0 Å². The van der Waals surface area contributed by atoms with E-state index in [0.29, 0.717) is 0 Å². The molecule has 1 radical (unpaired) electrons. The van der Waals surface area contributed by atoms with Gasteiger partial charge in [-0.1, -0.05) is 90.9 Å². The van der Waals surface area contributed by atoms with Gasteiger partial charge in [-0.15, -0.1) is 0 Å². The molecule has 0 heterocycles. The fraction of sp³-hybridized carbons (Fsp3) is 1.00. The summed E-state index contributed by atoms with van der Waals surface area (Å²) < 4.78 is 0. The van der Waals surface area contributed by atoms with Crippen LogP contribution in [-0.2, 0) is 5.11 Å². The van der Waals surface area contributed by atoms with Gasteiger partial charge in [-0.3, -0.25) is 0 Å². The molecule has 0 aromatic carbocycles. The van der Waals surface area contributed by atoms with Crippen LogP contribution in [0.2, 0.25) is 0 Å². The van der Waals surface area contributed by atoms with Crippen LogP contribution in [0.15, 0.2) is 0 Å². The lowest BCUT2D eigenvalue weighted by Gasteiger charge is -2.13. The molecule has 0 saturated carbocycles. The van der Waals surface area contributed by atoms with Gasteiger partial charge in [-0.25, -0.2) is 5.11 Å². The molecule has 1 unspecified atom stereocenters. The maximum absolute atomic E-state index is 10.7. The smallest absolute Gasteiger partial charge is 0.0825 e. The van der Waals surface area contributed by atoms with Crippen molar-refractivity contribution < 1.29 is 5.11 Å². The van der Waals surface area contributed by atoms with Crippen molar-refractivity contribution in [2.24, 2.45) is 5.92 Å². The van der Waals surface area contributed by atoms with Gasteiger partial charge in [0.25, 0.3) is 0 Å². The maximum atomic E-state index is 10.7. The van der Waals surface area contributed by atoms with Gasteiger partial charge in [0, 0.05) is 0 Å². The van der Waals surface area contributed by atoms with E-state index < -0.39 is 0 Å². The van der Waals surface area contributed by atoms with Gasteiger partial charge < -0.3 is 0 Å². The Labute approximate surface area is 115 Å². The predicted molar refractivity (Wildman–Crippen MR) is 80.4 cm³/mol. The first-order valence-corrected chi connectivity index (χ1v) is 8.43. The molecular formula is C17H35O. The summed E-state index contributed by atoms with van der Waals surface area (Å²) >= 11 is 0. The van der Waals surface area contributed by atoms with E-state index in [-0.39, 0.29) is 6.61 Å². The third-order valence-electron chi connectivity index (χ3n) is 3.94. The Kier molecular flexibility index (Phi) is 15.0. The summed E-state index contributed by atoms with van der Waals surface area (Å²) in [5.41, 5.74) is 0. The van der Waals surface area contributed by atoms with E-state index in [9.17, 15) is 5.11 Å². The zero-order valence-corrected chi connectivity index (χ0v) is 12.9. The summed E-state index contributed by atoms with van der Waals surface area (Å²) in [5, 5.41) is 10.7. The molecule has 0 fully saturated rings. The summed E-state index contributed by atoms with van der Waals surface area (Å²) in [6.45, 7) is 4.63. The summed E-state index contributed by atoms with van der Waals surface area (Å²) in [5.74, 6) is 0.719. The lowest BCUT2D eigenvalue weighted by atomic mass is 9.93. The summed E-state index contributed by atoms with van der Waals surface area (Å²) in [4.78, 5) is 0. The first-order chi connectivity index (χ1) is 8.85. The van der Waals surface area contributed by atoms with Crippen molar-refractivity contribution in [1.82, 2.24) is 0 Å². The predicted octanol–water partition coefficient (Wildman–Crippen LogP) is 6.14. The van der Waals surface area contributed by atoms with Gasteiger partial charge in [0.15, 0.2) is 0 Å². The van der Waals surface area contributed by atoms with Crippen LogP contribution in [0.5, 0.6) is 0 Å². The average Bonchev–Trinajstić information content (AvgIpc) is 2.37. The number of rotatable bonds is 14. The third-order valence-corrected chi connectivity index (χ3v) is 3.94. The fourth-order valence-electron chi connectivity index (χ4n) is 2.75. The van der Waals surface area contributed by atoms with E-state index in [0.717, 1.165) is 12.3 Å². The molecule has 1 heteroatoms. The number of hydrogen-bond acceptors (Lipinski definition) is 0. The van der Waals surface area contributed by atoms with Gasteiger partial charge in [-0.05, 0) is 12.3 Å². The first kappa shape index (κ1) is 18.0. The normalized spacial score (nSPS) is 12.8. The Morgan fingerprint density at radius 1 is 0.611 bits per heavy atom. The first-order valence-electron chi connectivity index (χ1n) is 8.43. The lowest BCUT2D eigenvalue weighted by molar-refractivity contribution is 0.164. The van der Waals surface area contributed by atoms with Gasteiger partial charge in [0.1, 0.15) is 0 Å². The molecule has 0 saturated heterocycles. The van der Waals surface area contributed by atoms with Crippen LogP contribution in [-0.4, -0.2) is 6.61 Å². The summed E-state index contributed by atoms with van der Waals surface area (Å²) in [6.07, 6.45) is 17.3. The second kappa shape index (κ2) is 15.0. The second-order valence-electron chi connectivity index (χ2n) is 5.76. The molecule has 0 aliphatic heterocycles. The molecule has 1 nitrogen and oxygen atoms in total. The molecule has 18 heavy (non-hydrogen) atoms. The number of unbranched alkanes of at least 4 members (excludes halogenated alkanes) is 8. The highest BCUT2D eigenvalue weighted by Gasteiger charge is 2.06. The van der Waals surface area contributed by atoms with Crippen LogP contribution in [0, 0.1) is 5.92 Å². The van der Waals surface area contributed by atoms with Crippen LogP contribution in [0.25, 0.3) is 0 Å². The molecule has 0 spiro atoms. The van der Waals surface area contributed by atoms with Crippen molar-refractivity contribution in [3.05, 3.63) is 0 Å². The van der Waals surface area contributed by atoms with Crippen molar-refractivity contribution in [3.8, 4) is 0 Å². The van der Waals surface area contributed by atoms with E-state index in [1.54, 1.807) is 0 Å². The quantitative estimate of drug-likeness (QED) is 0.332. The monoisotopic (exact) mass is 255 g/mol. The van der Waals surface area contributed by atoms with E-state index in [1.807, 2.05) is 0 Å². The largest absolute Gasteiger partial charge is 0.237 e. The highest BCUT2D eigenvalue weighted by Crippen LogP contribution is 2.19. The van der Waals surface area contributed by atoms with Gasteiger partial charge in [0.2, 0.25) is 0 Å². The Bertz CT molecular complexity index is 139. The molecule has 0 aliphatic rings. The number of hydrogen-bond donors (Lipinski definition) is 0. The highest BCUT2D eigenvalue weighted by molar-refractivity contribution is 4.59. The Balaban J connectivity index is 3.21. The van der Waals surface area contributed by atoms with Crippen molar-refractivity contribution in [3.63, 3.8) is 0 Å². The minimum absolute atomic E-state index is 0.127. The van der Waals surface area contributed by atoms with E-state index in [2.05, 4.69) is 13.8 Å². The maximum Gasteiger partial charge on any atom is 0.0825 e. The zero-order chi connectivity index (χ0) is 13.5. The molecule has 0 amide bonds. The fourth-order valence-corrected chi connectivity index (χ4v) is 2.75. The summed E-state index contributed by atoms with van der Waals surface area (Å²) in [7, 11) is 0. The average molecular weight is 255 g/mol. The minimum Gasteiger partial charge on any atom is -0.237 e. The standard InChI is InChI=1S/C17H35O/c1-3-5-6-7-8-9-10-11-12-14-17(13-4-2)15-16-18/h17H,3-16H2,1-2H3. The third kappa shape index (κ3) is 12.4. The molecule has 1 atom stereocenters. The molecular weight excluding hydrogens is 220 g/mol.